The molecule has 3 rings (SSSR count). The topological polar surface area (TPSA) is 103 Å². The van der Waals surface area contributed by atoms with Crippen LogP contribution in [0.2, 0.25) is 0 Å². The lowest BCUT2D eigenvalue weighted by Gasteiger charge is -2.37. The molecule has 2 aromatic heterocycles. The molecular formula is C19H20F5N5O2. The van der Waals surface area contributed by atoms with Gasteiger partial charge in [-0.2, -0.15) is 27.1 Å². The monoisotopic (exact) mass is 445 g/mol. The fourth-order valence-corrected chi connectivity index (χ4v) is 3.66. The number of aromatic nitrogens is 3. The van der Waals surface area contributed by atoms with Gasteiger partial charge in [-0.25, -0.2) is 0 Å². The number of anilines is 1. The maximum Gasteiger partial charge on any atom is 0.392 e. The zero-order valence-electron chi connectivity index (χ0n) is 16.6. The number of rotatable bonds is 6. The van der Waals surface area contributed by atoms with Gasteiger partial charge in [0.05, 0.1) is 5.92 Å². The molecule has 1 fully saturated rings. The van der Waals surface area contributed by atoms with Gasteiger partial charge in [0.25, 0.3) is 17.7 Å². The van der Waals surface area contributed by atoms with Gasteiger partial charge in [0.15, 0.2) is 0 Å². The minimum absolute atomic E-state index is 0.0559. The number of halogens is 5. The standard InChI is InChI=1S/C19H20F5N5O2/c1-9-14(17(31)27-11-5-6-26-13(7-11)16(25)30)29(28-15(9)18(2,20)21)8-10-3-4-12(10)19(22,23)24/h5-7,10,12H,3-4,8H2,1-2H3,(H2,25,30)(H,26,27,31)/t10-,12+/m0/s1. The van der Waals surface area contributed by atoms with Gasteiger partial charge in [0.2, 0.25) is 0 Å². The fourth-order valence-electron chi connectivity index (χ4n) is 3.66. The Hall–Kier alpha value is -3.05. The second kappa shape index (κ2) is 7.89. The van der Waals surface area contributed by atoms with Crippen molar-refractivity contribution in [1.82, 2.24) is 14.8 Å². The van der Waals surface area contributed by atoms with Crippen LogP contribution in [0.15, 0.2) is 18.3 Å². The van der Waals surface area contributed by atoms with E-state index < -0.39 is 41.4 Å². The molecule has 168 valence electrons. The Kier molecular flexibility index (Phi) is 5.76. The molecule has 2 amide bonds. The van der Waals surface area contributed by atoms with Gasteiger partial charge in [-0.15, -0.1) is 0 Å². The minimum Gasteiger partial charge on any atom is -0.364 e. The molecule has 1 saturated carbocycles. The van der Waals surface area contributed by atoms with Crippen LogP contribution in [0.4, 0.5) is 27.6 Å². The molecule has 0 aromatic carbocycles. The van der Waals surface area contributed by atoms with Crippen molar-refractivity contribution in [2.45, 2.75) is 45.3 Å². The van der Waals surface area contributed by atoms with E-state index in [4.69, 9.17) is 5.73 Å². The smallest absolute Gasteiger partial charge is 0.364 e. The Balaban J connectivity index is 1.94. The van der Waals surface area contributed by atoms with Crippen LogP contribution in [0.1, 0.15) is 52.0 Å². The van der Waals surface area contributed by atoms with Crippen LogP contribution >= 0.6 is 0 Å². The number of alkyl halides is 5. The highest BCUT2D eigenvalue weighted by atomic mass is 19.4. The predicted molar refractivity (Wildman–Crippen MR) is 99.5 cm³/mol. The Morgan fingerprint density at radius 3 is 2.45 bits per heavy atom. The number of primary amides is 1. The summed E-state index contributed by atoms with van der Waals surface area (Å²) in [6, 6.07) is 2.54. The average Bonchev–Trinajstić information content (AvgIpc) is 2.94. The van der Waals surface area contributed by atoms with Crippen LogP contribution in [-0.2, 0) is 12.5 Å². The Labute approximate surface area is 173 Å². The van der Waals surface area contributed by atoms with Gasteiger partial charge in [0, 0.05) is 30.9 Å². The van der Waals surface area contributed by atoms with Gasteiger partial charge in [-0.3, -0.25) is 19.3 Å². The van der Waals surface area contributed by atoms with Crippen LogP contribution in [0.5, 0.6) is 0 Å². The highest BCUT2D eigenvalue weighted by Crippen LogP contribution is 2.46. The number of pyridine rings is 1. The van der Waals surface area contributed by atoms with E-state index in [1.165, 1.54) is 25.3 Å². The minimum atomic E-state index is -4.41. The summed E-state index contributed by atoms with van der Waals surface area (Å²) < 4.78 is 68.2. The van der Waals surface area contributed by atoms with Crippen LogP contribution in [0.3, 0.4) is 0 Å². The summed E-state index contributed by atoms with van der Waals surface area (Å²) >= 11 is 0. The predicted octanol–water partition coefficient (Wildman–Crippen LogP) is 3.64. The molecule has 7 nitrogen and oxygen atoms in total. The first-order chi connectivity index (χ1) is 14.3. The number of hydrogen-bond acceptors (Lipinski definition) is 4. The zero-order chi connectivity index (χ0) is 23.1. The summed E-state index contributed by atoms with van der Waals surface area (Å²) in [6.07, 6.45) is -3.00. The van der Waals surface area contributed by atoms with Crippen molar-refractivity contribution in [2.75, 3.05) is 5.32 Å². The van der Waals surface area contributed by atoms with Crippen molar-refractivity contribution >= 4 is 17.5 Å². The SMILES string of the molecule is Cc1c(C(C)(F)F)nn(C[C@@H]2CC[C@H]2C(F)(F)F)c1C(=O)Nc1ccnc(C(N)=O)c1. The van der Waals surface area contributed by atoms with Crippen molar-refractivity contribution in [3.05, 3.63) is 41.0 Å². The Morgan fingerprint density at radius 2 is 1.94 bits per heavy atom. The van der Waals surface area contributed by atoms with Crippen molar-refractivity contribution in [2.24, 2.45) is 17.6 Å². The van der Waals surface area contributed by atoms with E-state index in [1.54, 1.807) is 0 Å². The van der Waals surface area contributed by atoms with Crippen LogP contribution in [0.25, 0.3) is 0 Å². The van der Waals surface area contributed by atoms with Crippen molar-refractivity contribution in [1.29, 1.82) is 0 Å². The molecule has 0 aliphatic heterocycles. The fraction of sp³-hybridized carbons (Fsp3) is 0.474. The van der Waals surface area contributed by atoms with E-state index in [1.807, 2.05) is 0 Å². The molecule has 0 radical (unpaired) electrons. The van der Waals surface area contributed by atoms with Crippen LogP contribution < -0.4 is 11.1 Å². The lowest BCUT2D eigenvalue weighted by molar-refractivity contribution is -0.214. The molecule has 3 N–H and O–H groups in total. The summed E-state index contributed by atoms with van der Waals surface area (Å²) in [5.41, 5.74) is 4.02. The van der Waals surface area contributed by atoms with Crippen molar-refractivity contribution < 1.29 is 31.5 Å². The summed E-state index contributed by atoms with van der Waals surface area (Å²) in [5.74, 6) is -7.54. The average molecular weight is 445 g/mol. The molecule has 31 heavy (non-hydrogen) atoms. The number of nitrogens with two attached hydrogens (primary N) is 1. The highest BCUT2D eigenvalue weighted by Gasteiger charge is 2.50. The van der Waals surface area contributed by atoms with E-state index in [-0.39, 0.29) is 42.0 Å². The van der Waals surface area contributed by atoms with Gasteiger partial charge in [-0.1, -0.05) is 0 Å². The molecule has 0 spiro atoms. The lowest BCUT2D eigenvalue weighted by atomic mass is 9.73. The quantitative estimate of drug-likeness (QED) is 0.663. The van der Waals surface area contributed by atoms with E-state index in [0.29, 0.717) is 6.92 Å². The molecule has 1 aliphatic rings. The molecule has 1 aliphatic carbocycles. The number of nitrogens with one attached hydrogen (secondary N) is 1. The Morgan fingerprint density at radius 1 is 1.26 bits per heavy atom. The molecule has 2 aromatic rings. The molecular weight excluding hydrogens is 425 g/mol. The van der Waals surface area contributed by atoms with Crippen molar-refractivity contribution in [3.8, 4) is 0 Å². The lowest BCUT2D eigenvalue weighted by Crippen LogP contribution is -2.41. The zero-order valence-corrected chi connectivity index (χ0v) is 16.6. The van der Waals surface area contributed by atoms with E-state index in [2.05, 4.69) is 15.4 Å². The summed E-state index contributed by atoms with van der Waals surface area (Å²) in [4.78, 5) is 27.9. The molecule has 0 saturated heterocycles. The molecule has 0 bridgehead atoms. The largest absolute Gasteiger partial charge is 0.392 e. The summed E-state index contributed by atoms with van der Waals surface area (Å²) in [6.45, 7) is 1.53. The number of carbonyl (C=O) groups excluding carboxylic acids is 2. The first-order valence-electron chi connectivity index (χ1n) is 9.38. The number of hydrogen-bond donors (Lipinski definition) is 2. The third-order valence-electron chi connectivity index (χ3n) is 5.34. The van der Waals surface area contributed by atoms with E-state index in [0.717, 1.165) is 4.68 Å². The number of amides is 2. The number of carbonyl (C=O) groups is 2. The van der Waals surface area contributed by atoms with Gasteiger partial charge < -0.3 is 11.1 Å². The summed E-state index contributed by atoms with van der Waals surface area (Å²) in [7, 11) is 0. The molecule has 12 heteroatoms. The van der Waals surface area contributed by atoms with E-state index in [9.17, 15) is 31.5 Å². The first kappa shape index (κ1) is 22.6. The third-order valence-corrected chi connectivity index (χ3v) is 5.34. The highest BCUT2D eigenvalue weighted by molar-refractivity contribution is 6.04. The first-order valence-corrected chi connectivity index (χ1v) is 9.38. The van der Waals surface area contributed by atoms with Gasteiger partial charge >= 0.3 is 6.18 Å². The molecule has 2 atom stereocenters. The number of nitrogens with zero attached hydrogens (tertiary/aromatic N) is 3. The maximum absolute atomic E-state index is 14.0. The second-order valence-corrected chi connectivity index (χ2v) is 7.63. The molecule has 2 heterocycles. The second-order valence-electron chi connectivity index (χ2n) is 7.63. The van der Waals surface area contributed by atoms with Gasteiger partial charge in [-0.05, 0) is 37.8 Å². The Bertz CT molecular complexity index is 1010. The van der Waals surface area contributed by atoms with Crippen molar-refractivity contribution in [3.63, 3.8) is 0 Å². The normalized spacial score (nSPS) is 19.1. The van der Waals surface area contributed by atoms with Crippen LogP contribution in [0, 0.1) is 18.8 Å². The third kappa shape index (κ3) is 4.67. The summed E-state index contributed by atoms with van der Waals surface area (Å²) in [5, 5.41) is 6.22. The molecule has 0 unspecified atom stereocenters. The van der Waals surface area contributed by atoms with Crippen LogP contribution in [-0.4, -0.2) is 32.8 Å². The maximum atomic E-state index is 14.0. The van der Waals surface area contributed by atoms with E-state index >= 15 is 0 Å². The van der Waals surface area contributed by atoms with Gasteiger partial charge in [0.1, 0.15) is 17.1 Å².